The molecule has 64 valence electrons. The minimum absolute atomic E-state index is 0.263. The van der Waals surface area contributed by atoms with E-state index in [4.69, 9.17) is 5.11 Å². The summed E-state index contributed by atoms with van der Waals surface area (Å²) in [5, 5.41) is 8.90. The number of aliphatic hydroxyl groups is 1. The van der Waals surface area contributed by atoms with E-state index in [2.05, 4.69) is 19.9 Å². The van der Waals surface area contributed by atoms with E-state index in [9.17, 15) is 0 Å². The molecule has 0 aromatic rings. The molecule has 0 saturated heterocycles. The van der Waals surface area contributed by atoms with Crippen LogP contribution in [0.4, 0.5) is 0 Å². The van der Waals surface area contributed by atoms with Gasteiger partial charge in [0.25, 0.3) is 0 Å². The van der Waals surface area contributed by atoms with E-state index in [0.29, 0.717) is 5.41 Å². The topological polar surface area (TPSA) is 20.2 Å². The van der Waals surface area contributed by atoms with E-state index < -0.39 is 0 Å². The van der Waals surface area contributed by atoms with Gasteiger partial charge in [0, 0.05) is 0 Å². The van der Waals surface area contributed by atoms with Gasteiger partial charge in [0.2, 0.25) is 0 Å². The van der Waals surface area contributed by atoms with E-state index in [-0.39, 0.29) is 6.61 Å². The van der Waals surface area contributed by atoms with Crippen LogP contribution in [0.5, 0.6) is 0 Å². The Balaban J connectivity index is 2.54. The third-order valence-electron chi connectivity index (χ3n) is 2.59. The molecule has 0 bridgehead atoms. The van der Waals surface area contributed by atoms with Crippen LogP contribution in [0.25, 0.3) is 0 Å². The van der Waals surface area contributed by atoms with Crippen LogP contribution in [0.1, 0.15) is 39.5 Å². The Morgan fingerprint density at radius 1 is 1.64 bits per heavy atom. The Kier molecular flexibility index (Phi) is 2.72. The quantitative estimate of drug-likeness (QED) is 0.619. The molecule has 0 radical (unpaired) electrons. The third-order valence-corrected chi connectivity index (χ3v) is 2.59. The van der Waals surface area contributed by atoms with E-state index in [1.165, 1.54) is 24.8 Å². The Morgan fingerprint density at radius 3 is 2.82 bits per heavy atom. The predicted molar refractivity (Wildman–Crippen MR) is 47.4 cm³/mol. The van der Waals surface area contributed by atoms with Crippen LogP contribution in [0.15, 0.2) is 11.6 Å². The van der Waals surface area contributed by atoms with Crippen LogP contribution < -0.4 is 0 Å². The highest BCUT2D eigenvalue weighted by Gasteiger charge is 2.26. The summed E-state index contributed by atoms with van der Waals surface area (Å²) >= 11 is 0. The molecule has 0 heterocycles. The summed E-state index contributed by atoms with van der Waals surface area (Å²) in [6.07, 6.45) is 7.11. The van der Waals surface area contributed by atoms with Crippen LogP contribution in [-0.4, -0.2) is 11.7 Å². The van der Waals surface area contributed by atoms with Crippen molar-refractivity contribution in [3.63, 3.8) is 0 Å². The monoisotopic (exact) mass is 154 g/mol. The van der Waals surface area contributed by atoms with Gasteiger partial charge >= 0.3 is 0 Å². The summed E-state index contributed by atoms with van der Waals surface area (Å²) in [4.78, 5) is 0. The highest BCUT2D eigenvalue weighted by Crippen LogP contribution is 2.38. The van der Waals surface area contributed by atoms with Crippen LogP contribution in [-0.2, 0) is 0 Å². The standard InChI is InChI=1S/C10H18O/c1-3-5-10(2)6-4-9(7-10)8-11/h7,11H,3-6,8H2,1-2H3. The Labute approximate surface area is 69.1 Å². The van der Waals surface area contributed by atoms with E-state index >= 15 is 0 Å². The molecule has 1 heteroatoms. The zero-order valence-corrected chi connectivity index (χ0v) is 7.56. The first-order valence-electron chi connectivity index (χ1n) is 4.51. The van der Waals surface area contributed by atoms with Gasteiger partial charge in [-0.1, -0.05) is 26.3 Å². The van der Waals surface area contributed by atoms with E-state index in [0.717, 1.165) is 6.42 Å². The molecule has 0 aromatic carbocycles. The maximum atomic E-state index is 8.90. The molecular formula is C10H18O. The first-order chi connectivity index (χ1) is 5.20. The molecular weight excluding hydrogens is 136 g/mol. The first kappa shape index (κ1) is 8.79. The lowest BCUT2D eigenvalue weighted by molar-refractivity contribution is 0.328. The SMILES string of the molecule is CCCC1(C)C=C(CO)CC1. The molecule has 1 atom stereocenters. The van der Waals surface area contributed by atoms with Gasteiger partial charge in [0.1, 0.15) is 0 Å². The van der Waals surface area contributed by atoms with Crippen molar-refractivity contribution < 1.29 is 5.11 Å². The number of allylic oxidation sites excluding steroid dienone is 1. The maximum Gasteiger partial charge on any atom is 0.0641 e. The van der Waals surface area contributed by atoms with Crippen molar-refractivity contribution in [2.24, 2.45) is 5.41 Å². The third kappa shape index (κ3) is 2.06. The maximum absolute atomic E-state index is 8.90. The molecule has 1 nitrogen and oxygen atoms in total. The molecule has 0 amide bonds. The average Bonchev–Trinajstić information content (AvgIpc) is 2.33. The summed E-state index contributed by atoms with van der Waals surface area (Å²) < 4.78 is 0. The number of rotatable bonds is 3. The Hall–Kier alpha value is -0.300. The zero-order chi connectivity index (χ0) is 8.32. The molecule has 1 N–H and O–H groups in total. The zero-order valence-electron chi connectivity index (χ0n) is 7.56. The van der Waals surface area contributed by atoms with Crippen molar-refractivity contribution in [2.75, 3.05) is 6.61 Å². The molecule has 0 spiro atoms. The van der Waals surface area contributed by atoms with Crippen molar-refractivity contribution in [1.82, 2.24) is 0 Å². The number of aliphatic hydroxyl groups excluding tert-OH is 1. The molecule has 1 aliphatic carbocycles. The van der Waals surface area contributed by atoms with Crippen LogP contribution >= 0.6 is 0 Å². The fourth-order valence-corrected chi connectivity index (χ4v) is 1.98. The van der Waals surface area contributed by atoms with Crippen LogP contribution in [0.3, 0.4) is 0 Å². The first-order valence-corrected chi connectivity index (χ1v) is 4.51. The van der Waals surface area contributed by atoms with Gasteiger partial charge in [-0.25, -0.2) is 0 Å². The average molecular weight is 154 g/mol. The summed E-state index contributed by atoms with van der Waals surface area (Å²) in [5.41, 5.74) is 1.63. The van der Waals surface area contributed by atoms with Crippen molar-refractivity contribution in [3.8, 4) is 0 Å². The summed E-state index contributed by atoms with van der Waals surface area (Å²) in [6, 6.07) is 0. The minimum Gasteiger partial charge on any atom is -0.392 e. The summed E-state index contributed by atoms with van der Waals surface area (Å²) in [7, 11) is 0. The minimum atomic E-state index is 0.263. The second kappa shape index (κ2) is 3.40. The molecule has 11 heavy (non-hydrogen) atoms. The number of hydrogen-bond acceptors (Lipinski definition) is 1. The summed E-state index contributed by atoms with van der Waals surface area (Å²) in [5.74, 6) is 0. The predicted octanol–water partition coefficient (Wildman–Crippen LogP) is 2.51. The fourth-order valence-electron chi connectivity index (χ4n) is 1.98. The smallest absolute Gasteiger partial charge is 0.0641 e. The van der Waals surface area contributed by atoms with Gasteiger partial charge < -0.3 is 5.11 Å². The second-order valence-electron chi connectivity index (χ2n) is 3.86. The van der Waals surface area contributed by atoms with Gasteiger partial charge in [-0.15, -0.1) is 0 Å². The van der Waals surface area contributed by atoms with Gasteiger partial charge in [-0.2, -0.15) is 0 Å². The van der Waals surface area contributed by atoms with E-state index in [1.54, 1.807) is 0 Å². The Bertz CT molecular complexity index is 160. The second-order valence-corrected chi connectivity index (χ2v) is 3.86. The van der Waals surface area contributed by atoms with E-state index in [1.807, 2.05) is 0 Å². The lowest BCUT2D eigenvalue weighted by Crippen LogP contribution is -2.07. The van der Waals surface area contributed by atoms with Crippen molar-refractivity contribution in [3.05, 3.63) is 11.6 Å². The van der Waals surface area contributed by atoms with Crippen LogP contribution in [0.2, 0.25) is 0 Å². The van der Waals surface area contributed by atoms with Gasteiger partial charge in [-0.3, -0.25) is 0 Å². The molecule has 1 aliphatic rings. The van der Waals surface area contributed by atoms with Crippen molar-refractivity contribution >= 4 is 0 Å². The number of hydrogen-bond donors (Lipinski definition) is 1. The van der Waals surface area contributed by atoms with Crippen LogP contribution in [0, 0.1) is 5.41 Å². The summed E-state index contributed by atoms with van der Waals surface area (Å²) in [6.45, 7) is 4.77. The molecule has 0 fully saturated rings. The molecule has 1 unspecified atom stereocenters. The van der Waals surface area contributed by atoms with Crippen molar-refractivity contribution in [2.45, 2.75) is 39.5 Å². The highest BCUT2D eigenvalue weighted by atomic mass is 16.3. The largest absolute Gasteiger partial charge is 0.392 e. The molecule has 0 aromatic heterocycles. The Morgan fingerprint density at radius 2 is 2.36 bits per heavy atom. The van der Waals surface area contributed by atoms with Gasteiger partial charge in [0.15, 0.2) is 0 Å². The molecule has 1 rings (SSSR count). The fraction of sp³-hybridized carbons (Fsp3) is 0.800. The molecule has 0 aliphatic heterocycles. The van der Waals surface area contributed by atoms with Gasteiger partial charge in [-0.05, 0) is 30.3 Å². The van der Waals surface area contributed by atoms with Gasteiger partial charge in [0.05, 0.1) is 6.61 Å². The molecule has 0 saturated carbocycles. The lowest BCUT2D eigenvalue weighted by atomic mass is 9.85. The highest BCUT2D eigenvalue weighted by molar-refractivity contribution is 5.15. The normalized spacial score (nSPS) is 30.6. The van der Waals surface area contributed by atoms with Crippen molar-refractivity contribution in [1.29, 1.82) is 0 Å². The lowest BCUT2D eigenvalue weighted by Gasteiger charge is -2.19.